The second kappa shape index (κ2) is 8.47. The Morgan fingerprint density at radius 2 is 1.88 bits per heavy atom. The largest absolute Gasteiger partial charge is 0.362 e. The van der Waals surface area contributed by atoms with E-state index in [-0.39, 0.29) is 23.0 Å². The third kappa shape index (κ3) is 4.05. The molecule has 34 heavy (non-hydrogen) atoms. The number of hydrogen-bond donors (Lipinski definition) is 0. The van der Waals surface area contributed by atoms with Crippen LogP contribution in [-0.2, 0) is 22.5 Å². The Balaban J connectivity index is 1.28. The maximum absolute atomic E-state index is 14.1. The molecule has 7 heteroatoms. The van der Waals surface area contributed by atoms with Crippen LogP contribution in [0.2, 0.25) is 0 Å². The van der Waals surface area contributed by atoms with Gasteiger partial charge in [-0.1, -0.05) is 56.3 Å². The molecule has 2 aliphatic heterocycles. The molecule has 0 aliphatic carbocycles. The maximum Gasteiger partial charge on any atom is 0.253 e. The summed E-state index contributed by atoms with van der Waals surface area (Å²) >= 11 is 0. The smallest absolute Gasteiger partial charge is 0.253 e. The summed E-state index contributed by atoms with van der Waals surface area (Å²) in [5, 5.41) is 0. The summed E-state index contributed by atoms with van der Waals surface area (Å²) in [7, 11) is 0. The number of nitrogens with zero attached hydrogens (tertiary/aromatic N) is 3. The molecule has 2 fully saturated rings. The summed E-state index contributed by atoms with van der Waals surface area (Å²) in [5.41, 5.74) is 0.621. The predicted molar refractivity (Wildman–Crippen MR) is 127 cm³/mol. The zero-order chi connectivity index (χ0) is 23.9. The average Bonchev–Trinajstić information content (AvgIpc) is 3.54. The molecule has 176 valence electrons. The van der Waals surface area contributed by atoms with Crippen LogP contribution in [0, 0.1) is 11.2 Å². The molecule has 0 spiro atoms. The highest BCUT2D eigenvalue weighted by molar-refractivity contribution is 5.77. The number of aromatic nitrogens is 2. The van der Waals surface area contributed by atoms with Crippen LogP contribution in [0.15, 0.2) is 71.8 Å². The van der Waals surface area contributed by atoms with E-state index in [9.17, 15) is 14.0 Å². The van der Waals surface area contributed by atoms with Gasteiger partial charge in [0.15, 0.2) is 0 Å². The van der Waals surface area contributed by atoms with Crippen LogP contribution < -0.4 is 5.56 Å². The number of ether oxygens (including phenoxy) is 1. The topological polar surface area (TPSA) is 67.7 Å². The monoisotopic (exact) mass is 461 g/mol. The SMILES string of the molecule is CC1(C)CN(C(=O)CCc2ccccc2)CC2OC21Cn1cnc(-c2ccccc2F)cc1=O. The molecular weight excluding hydrogens is 433 g/mol. The van der Waals surface area contributed by atoms with Gasteiger partial charge in [-0.05, 0) is 24.1 Å². The van der Waals surface area contributed by atoms with E-state index in [0.29, 0.717) is 43.7 Å². The number of carbonyl (C=O) groups excluding carboxylic acids is 1. The lowest BCUT2D eigenvalue weighted by Crippen LogP contribution is -2.55. The molecule has 2 aromatic carbocycles. The number of halogens is 1. The summed E-state index contributed by atoms with van der Waals surface area (Å²) in [5.74, 6) is -0.295. The van der Waals surface area contributed by atoms with Crippen molar-refractivity contribution in [2.45, 2.75) is 44.9 Å². The van der Waals surface area contributed by atoms with E-state index in [1.165, 1.54) is 23.0 Å². The molecule has 2 saturated heterocycles. The highest BCUT2D eigenvalue weighted by Crippen LogP contribution is 2.55. The Bertz CT molecular complexity index is 1270. The quantitative estimate of drug-likeness (QED) is 0.525. The van der Waals surface area contributed by atoms with Crippen molar-refractivity contribution in [3.63, 3.8) is 0 Å². The van der Waals surface area contributed by atoms with Crippen molar-refractivity contribution < 1.29 is 13.9 Å². The number of likely N-dealkylation sites (tertiary alicyclic amines) is 1. The van der Waals surface area contributed by atoms with Crippen molar-refractivity contribution in [3.05, 3.63) is 88.7 Å². The van der Waals surface area contributed by atoms with Crippen molar-refractivity contribution in [1.29, 1.82) is 0 Å². The lowest BCUT2D eigenvalue weighted by Gasteiger charge is -2.41. The summed E-state index contributed by atoms with van der Waals surface area (Å²) in [6.07, 6.45) is 2.50. The molecule has 0 saturated carbocycles. The van der Waals surface area contributed by atoms with E-state index in [1.807, 2.05) is 35.2 Å². The molecule has 0 bridgehead atoms. The van der Waals surface area contributed by atoms with Crippen LogP contribution in [0.5, 0.6) is 0 Å². The number of fused-ring (bicyclic) bond motifs is 1. The zero-order valence-electron chi connectivity index (χ0n) is 19.4. The van der Waals surface area contributed by atoms with Gasteiger partial charge in [0, 0.05) is 36.6 Å². The number of hydrogen-bond acceptors (Lipinski definition) is 4. The van der Waals surface area contributed by atoms with E-state index < -0.39 is 11.4 Å². The first-order valence-corrected chi connectivity index (χ1v) is 11.6. The summed E-state index contributed by atoms with van der Waals surface area (Å²) in [6, 6.07) is 17.6. The third-order valence-corrected chi connectivity index (χ3v) is 7.19. The van der Waals surface area contributed by atoms with Crippen molar-refractivity contribution >= 4 is 5.91 Å². The van der Waals surface area contributed by atoms with Gasteiger partial charge < -0.3 is 9.64 Å². The first kappa shape index (κ1) is 22.5. The number of carbonyl (C=O) groups is 1. The second-order valence-corrected chi connectivity index (χ2v) is 9.86. The molecule has 2 aliphatic rings. The Kier molecular flexibility index (Phi) is 5.60. The van der Waals surface area contributed by atoms with Crippen LogP contribution in [0.1, 0.15) is 25.8 Å². The van der Waals surface area contributed by atoms with Gasteiger partial charge in [-0.15, -0.1) is 0 Å². The molecular formula is C27H28FN3O3. The van der Waals surface area contributed by atoms with E-state index in [1.54, 1.807) is 18.2 Å². The number of rotatable bonds is 6. The van der Waals surface area contributed by atoms with E-state index in [0.717, 1.165) is 5.56 Å². The third-order valence-electron chi connectivity index (χ3n) is 7.19. The number of epoxide rings is 1. The Morgan fingerprint density at radius 1 is 1.15 bits per heavy atom. The van der Waals surface area contributed by atoms with Gasteiger partial charge in [0.2, 0.25) is 5.91 Å². The standard InChI is InChI=1S/C27H28FN3O3/c1-26(2)16-30(24(32)13-12-19-8-4-3-5-9-19)15-23-27(26,34-23)17-31-18-29-22(14-25(31)33)20-10-6-7-11-21(20)28/h3-11,14,18,23H,12-13,15-17H2,1-2H3. The summed E-state index contributed by atoms with van der Waals surface area (Å²) in [6.45, 7) is 5.59. The fourth-order valence-electron chi connectivity index (χ4n) is 5.09. The van der Waals surface area contributed by atoms with E-state index in [4.69, 9.17) is 4.74 Å². The number of aryl methyl sites for hydroxylation is 1. The highest BCUT2D eigenvalue weighted by atomic mass is 19.1. The van der Waals surface area contributed by atoms with Gasteiger partial charge in [-0.3, -0.25) is 14.2 Å². The number of amides is 1. The van der Waals surface area contributed by atoms with Crippen molar-refractivity contribution in [2.75, 3.05) is 13.1 Å². The van der Waals surface area contributed by atoms with Crippen molar-refractivity contribution in [1.82, 2.24) is 14.5 Å². The molecule has 5 rings (SSSR count). The van der Waals surface area contributed by atoms with Crippen LogP contribution in [0.4, 0.5) is 4.39 Å². The average molecular weight is 462 g/mol. The van der Waals surface area contributed by atoms with Gasteiger partial charge in [0.25, 0.3) is 5.56 Å². The lowest BCUT2D eigenvalue weighted by atomic mass is 9.73. The molecule has 0 radical (unpaired) electrons. The fraction of sp³-hybridized carbons (Fsp3) is 0.370. The molecule has 3 heterocycles. The summed E-state index contributed by atoms with van der Waals surface area (Å²) in [4.78, 5) is 32.0. The Hall–Kier alpha value is -3.32. The first-order chi connectivity index (χ1) is 16.3. The molecule has 1 aromatic heterocycles. The van der Waals surface area contributed by atoms with Crippen molar-refractivity contribution in [3.8, 4) is 11.3 Å². The van der Waals surface area contributed by atoms with Crippen LogP contribution in [0.3, 0.4) is 0 Å². The molecule has 6 nitrogen and oxygen atoms in total. The highest BCUT2D eigenvalue weighted by Gasteiger charge is 2.68. The van der Waals surface area contributed by atoms with Gasteiger partial charge in [0.1, 0.15) is 17.5 Å². The van der Waals surface area contributed by atoms with Gasteiger partial charge in [0.05, 0.1) is 18.6 Å². The normalized spacial score (nSPS) is 22.8. The lowest BCUT2D eigenvalue weighted by molar-refractivity contribution is -0.134. The molecule has 1 amide bonds. The zero-order valence-corrected chi connectivity index (χ0v) is 19.4. The van der Waals surface area contributed by atoms with Crippen LogP contribution in [-0.4, -0.2) is 45.2 Å². The van der Waals surface area contributed by atoms with Gasteiger partial charge >= 0.3 is 0 Å². The Morgan fingerprint density at radius 3 is 2.59 bits per heavy atom. The van der Waals surface area contributed by atoms with E-state index >= 15 is 0 Å². The molecule has 2 atom stereocenters. The minimum absolute atomic E-state index is 0.120. The van der Waals surface area contributed by atoms with E-state index in [2.05, 4.69) is 18.8 Å². The maximum atomic E-state index is 14.1. The van der Waals surface area contributed by atoms with Gasteiger partial charge in [-0.2, -0.15) is 0 Å². The fourth-order valence-corrected chi connectivity index (χ4v) is 5.09. The molecule has 3 aromatic rings. The number of benzene rings is 2. The van der Waals surface area contributed by atoms with Crippen LogP contribution >= 0.6 is 0 Å². The minimum Gasteiger partial charge on any atom is -0.362 e. The predicted octanol–water partition coefficient (Wildman–Crippen LogP) is 3.69. The number of piperidine rings is 1. The van der Waals surface area contributed by atoms with Crippen LogP contribution in [0.25, 0.3) is 11.3 Å². The second-order valence-electron chi connectivity index (χ2n) is 9.86. The minimum atomic E-state index is -0.534. The summed E-state index contributed by atoms with van der Waals surface area (Å²) < 4.78 is 21.8. The van der Waals surface area contributed by atoms with Crippen molar-refractivity contribution in [2.24, 2.45) is 5.41 Å². The Labute approximate surface area is 198 Å². The van der Waals surface area contributed by atoms with Gasteiger partial charge in [-0.25, -0.2) is 9.37 Å². The first-order valence-electron chi connectivity index (χ1n) is 11.6. The molecule has 0 N–H and O–H groups in total. The molecule has 2 unspecified atom stereocenters.